The Kier molecular flexibility index (Phi) is 2.97. The highest BCUT2D eigenvalue weighted by molar-refractivity contribution is 7.92. The molecule has 1 saturated carbocycles. The van der Waals surface area contributed by atoms with E-state index >= 15 is 0 Å². The molecule has 0 aromatic heterocycles. The summed E-state index contributed by atoms with van der Waals surface area (Å²) in [6.07, 6.45) is 6.06. The van der Waals surface area contributed by atoms with Gasteiger partial charge in [-0.05, 0) is 37.2 Å². The maximum Gasteiger partial charge on any atom is 0.160 e. The third-order valence-corrected chi connectivity index (χ3v) is 7.50. The fraction of sp³-hybridized carbons (Fsp3) is 0.600. The van der Waals surface area contributed by atoms with Gasteiger partial charge >= 0.3 is 0 Å². The van der Waals surface area contributed by atoms with E-state index in [2.05, 4.69) is 0 Å². The number of sulfone groups is 1. The minimum Gasteiger partial charge on any atom is -0.228 e. The molecule has 1 heterocycles. The fourth-order valence-electron chi connectivity index (χ4n) is 3.98. The summed E-state index contributed by atoms with van der Waals surface area (Å²) in [5.74, 6) is 0.714. The third kappa shape index (κ3) is 1.63. The van der Waals surface area contributed by atoms with Gasteiger partial charge in [-0.2, -0.15) is 0 Å². The molecule has 1 aliphatic carbocycles. The Morgan fingerprint density at radius 2 is 1.72 bits per heavy atom. The maximum atomic E-state index is 12.7. The van der Waals surface area contributed by atoms with Crippen LogP contribution < -0.4 is 0 Å². The zero-order valence-corrected chi connectivity index (χ0v) is 11.5. The van der Waals surface area contributed by atoms with Crippen LogP contribution in [0.25, 0.3) is 0 Å². The predicted molar refractivity (Wildman–Crippen MR) is 73.1 cm³/mol. The first kappa shape index (κ1) is 12.2. The van der Waals surface area contributed by atoms with Crippen molar-refractivity contribution in [3.05, 3.63) is 35.9 Å². The zero-order chi connectivity index (χ0) is 12.6. The Balaban J connectivity index is 2.18. The Morgan fingerprint density at radius 1 is 1.00 bits per heavy atom. The monoisotopic (exact) mass is 264 g/mol. The summed E-state index contributed by atoms with van der Waals surface area (Å²) in [6.45, 7) is 0. The minimum atomic E-state index is -3.00. The van der Waals surface area contributed by atoms with Gasteiger partial charge in [0.2, 0.25) is 0 Å². The van der Waals surface area contributed by atoms with Gasteiger partial charge in [-0.3, -0.25) is 0 Å². The van der Waals surface area contributed by atoms with Gasteiger partial charge in [-0.25, -0.2) is 8.42 Å². The molecule has 2 unspecified atom stereocenters. The van der Waals surface area contributed by atoms with Gasteiger partial charge in [-0.15, -0.1) is 0 Å². The predicted octanol–water partition coefficient (Wildman–Crippen LogP) is 3.28. The van der Waals surface area contributed by atoms with Crippen molar-refractivity contribution in [3.63, 3.8) is 0 Å². The SMILES string of the molecule is O=S1(=O)CCCC2CCCCC21c1ccccc1. The molecule has 0 spiro atoms. The van der Waals surface area contributed by atoms with Gasteiger partial charge in [0, 0.05) is 0 Å². The first-order valence-corrected chi connectivity index (χ1v) is 8.60. The van der Waals surface area contributed by atoms with Gasteiger partial charge in [0.15, 0.2) is 9.84 Å². The Bertz CT molecular complexity index is 519. The van der Waals surface area contributed by atoms with E-state index in [1.54, 1.807) is 0 Å². The number of rotatable bonds is 1. The second-order valence-corrected chi connectivity index (χ2v) is 8.03. The topological polar surface area (TPSA) is 34.1 Å². The van der Waals surface area contributed by atoms with E-state index in [1.165, 1.54) is 6.42 Å². The van der Waals surface area contributed by atoms with Crippen molar-refractivity contribution in [1.29, 1.82) is 0 Å². The highest BCUT2D eigenvalue weighted by Gasteiger charge is 2.53. The van der Waals surface area contributed by atoms with Crippen LogP contribution in [0.15, 0.2) is 30.3 Å². The van der Waals surface area contributed by atoms with Gasteiger partial charge < -0.3 is 0 Å². The van der Waals surface area contributed by atoms with Crippen molar-refractivity contribution in [3.8, 4) is 0 Å². The van der Waals surface area contributed by atoms with Gasteiger partial charge in [-0.1, -0.05) is 43.2 Å². The molecule has 1 aromatic carbocycles. The lowest BCUT2D eigenvalue weighted by Crippen LogP contribution is -2.49. The Morgan fingerprint density at radius 3 is 2.50 bits per heavy atom. The van der Waals surface area contributed by atoms with E-state index in [0.29, 0.717) is 11.7 Å². The summed E-state index contributed by atoms with van der Waals surface area (Å²) in [4.78, 5) is 0. The molecule has 2 aliphatic rings. The molecular formula is C15H20O2S. The van der Waals surface area contributed by atoms with Crippen LogP contribution in [0, 0.1) is 5.92 Å². The van der Waals surface area contributed by atoms with E-state index in [0.717, 1.165) is 37.7 Å². The lowest BCUT2D eigenvalue weighted by molar-refractivity contribution is 0.233. The highest BCUT2D eigenvalue weighted by atomic mass is 32.2. The van der Waals surface area contributed by atoms with E-state index in [4.69, 9.17) is 0 Å². The smallest absolute Gasteiger partial charge is 0.160 e. The molecular weight excluding hydrogens is 244 g/mol. The standard InChI is InChI=1S/C15H20O2S/c16-18(17)12-6-10-14-9-4-5-11-15(14,18)13-7-2-1-3-8-13/h1-3,7-8,14H,4-6,9-12H2. The first-order chi connectivity index (χ1) is 8.67. The molecule has 18 heavy (non-hydrogen) atoms. The van der Waals surface area contributed by atoms with Gasteiger partial charge in [0.05, 0.1) is 10.5 Å². The molecule has 0 bridgehead atoms. The summed E-state index contributed by atoms with van der Waals surface area (Å²) in [5, 5.41) is 0. The van der Waals surface area contributed by atoms with Crippen LogP contribution in [-0.4, -0.2) is 14.2 Å². The van der Waals surface area contributed by atoms with E-state index < -0.39 is 14.6 Å². The average Bonchev–Trinajstić information content (AvgIpc) is 2.39. The number of fused-ring (bicyclic) bond motifs is 1. The second kappa shape index (κ2) is 4.37. The number of hydrogen-bond donors (Lipinski definition) is 0. The quantitative estimate of drug-likeness (QED) is 0.780. The summed E-state index contributed by atoms with van der Waals surface area (Å²) >= 11 is 0. The largest absolute Gasteiger partial charge is 0.228 e. The summed E-state index contributed by atoms with van der Waals surface area (Å²) in [6, 6.07) is 9.94. The molecule has 0 N–H and O–H groups in total. The molecule has 1 saturated heterocycles. The number of hydrogen-bond acceptors (Lipinski definition) is 2. The third-order valence-electron chi connectivity index (χ3n) is 4.79. The average molecular weight is 264 g/mol. The van der Waals surface area contributed by atoms with Crippen LogP contribution in [0.2, 0.25) is 0 Å². The molecule has 0 radical (unpaired) electrons. The molecule has 1 aromatic rings. The van der Waals surface area contributed by atoms with E-state index in [1.807, 2.05) is 30.3 Å². The highest BCUT2D eigenvalue weighted by Crippen LogP contribution is 2.52. The van der Waals surface area contributed by atoms with Crippen LogP contribution in [0.5, 0.6) is 0 Å². The summed E-state index contributed by atoms with van der Waals surface area (Å²) in [5.41, 5.74) is 1.04. The normalized spacial score (nSPS) is 34.8. The minimum absolute atomic E-state index is 0.340. The lowest BCUT2D eigenvalue weighted by Gasteiger charge is -2.47. The second-order valence-electron chi connectivity index (χ2n) is 5.66. The molecule has 2 fully saturated rings. The van der Waals surface area contributed by atoms with Crippen molar-refractivity contribution in [1.82, 2.24) is 0 Å². The van der Waals surface area contributed by atoms with Gasteiger partial charge in [0.25, 0.3) is 0 Å². The van der Waals surface area contributed by atoms with Crippen LogP contribution in [0.1, 0.15) is 44.1 Å². The number of benzene rings is 1. The molecule has 0 amide bonds. The van der Waals surface area contributed by atoms with Crippen LogP contribution in [-0.2, 0) is 14.6 Å². The Labute approximate surface area is 109 Å². The van der Waals surface area contributed by atoms with Crippen molar-refractivity contribution in [2.75, 3.05) is 5.75 Å². The van der Waals surface area contributed by atoms with E-state index in [-0.39, 0.29) is 0 Å². The Hall–Kier alpha value is -0.830. The van der Waals surface area contributed by atoms with Crippen molar-refractivity contribution < 1.29 is 8.42 Å². The summed E-state index contributed by atoms with van der Waals surface area (Å²) < 4.78 is 24.9. The van der Waals surface area contributed by atoms with Crippen LogP contribution >= 0.6 is 0 Å². The molecule has 98 valence electrons. The molecule has 2 atom stereocenters. The van der Waals surface area contributed by atoms with Crippen LogP contribution in [0.4, 0.5) is 0 Å². The zero-order valence-electron chi connectivity index (χ0n) is 10.6. The molecule has 3 rings (SSSR count). The van der Waals surface area contributed by atoms with Crippen molar-refractivity contribution in [2.45, 2.75) is 43.3 Å². The molecule has 1 aliphatic heterocycles. The van der Waals surface area contributed by atoms with Gasteiger partial charge in [0.1, 0.15) is 0 Å². The molecule has 3 heteroatoms. The van der Waals surface area contributed by atoms with E-state index in [9.17, 15) is 8.42 Å². The van der Waals surface area contributed by atoms with Crippen LogP contribution in [0.3, 0.4) is 0 Å². The first-order valence-electron chi connectivity index (χ1n) is 6.95. The molecule has 2 nitrogen and oxygen atoms in total. The van der Waals surface area contributed by atoms with Crippen molar-refractivity contribution >= 4 is 9.84 Å². The maximum absolute atomic E-state index is 12.7. The lowest BCUT2D eigenvalue weighted by atomic mass is 9.72. The fourth-order valence-corrected chi connectivity index (χ4v) is 6.59. The van der Waals surface area contributed by atoms with Crippen molar-refractivity contribution in [2.24, 2.45) is 5.92 Å². The summed E-state index contributed by atoms with van der Waals surface area (Å²) in [7, 11) is -3.00.